The van der Waals surface area contributed by atoms with Crippen molar-refractivity contribution in [3.8, 4) is 0 Å². The number of hydrogen-bond acceptors (Lipinski definition) is 9. The number of fused-ring (bicyclic) bond motifs is 6. The third-order valence-corrected chi connectivity index (χ3v) is 11.4. The molecule has 1 amide bonds. The fraction of sp³-hybridized carbons (Fsp3) is 0.273. The van der Waals surface area contributed by atoms with Crippen LogP contribution in [0.15, 0.2) is 84.9 Å². The van der Waals surface area contributed by atoms with Crippen molar-refractivity contribution in [2.75, 3.05) is 0 Å². The van der Waals surface area contributed by atoms with E-state index >= 15 is 0 Å². The number of rotatable bonds is 7. The Kier molecular flexibility index (Phi) is 11.4. The van der Waals surface area contributed by atoms with Crippen LogP contribution < -0.4 is 11.1 Å². The Morgan fingerprint density at radius 2 is 1.16 bits per heavy atom. The number of aromatic amines is 2. The predicted molar refractivity (Wildman–Crippen MR) is 209 cm³/mol. The smallest absolute Gasteiger partial charge is 0.375 e. The molecule has 2 saturated carbocycles. The van der Waals surface area contributed by atoms with E-state index in [4.69, 9.17) is 10.8 Å². The number of H-pyrrole nitrogens is 2. The average molecular weight is 835 g/mol. The number of amides is 1. The first-order valence-electron chi connectivity index (χ1n) is 19.5. The molecule has 4 aliphatic rings. The molecular formula is C44H38F4N8O5. The Bertz CT molecular complexity index is 2640. The van der Waals surface area contributed by atoms with Gasteiger partial charge in [0.1, 0.15) is 34.9 Å². The van der Waals surface area contributed by atoms with Gasteiger partial charge in [0.25, 0.3) is 11.7 Å². The summed E-state index contributed by atoms with van der Waals surface area (Å²) in [5.74, 6) is -4.00. The number of carbonyl (C=O) groups excluding carboxylic acids is 3. The first-order chi connectivity index (χ1) is 29.3. The van der Waals surface area contributed by atoms with Crippen molar-refractivity contribution in [3.05, 3.63) is 165 Å². The van der Waals surface area contributed by atoms with E-state index in [0.717, 1.165) is 29.7 Å². The van der Waals surface area contributed by atoms with Gasteiger partial charge in [-0.15, -0.1) is 10.2 Å². The lowest BCUT2D eigenvalue weighted by Gasteiger charge is -2.15. The molecule has 0 unspecified atom stereocenters. The number of aromatic carboxylic acids is 1. The number of carbonyl (C=O) groups is 4. The first-order valence-corrected chi connectivity index (χ1v) is 19.5. The van der Waals surface area contributed by atoms with Crippen LogP contribution >= 0.6 is 0 Å². The largest absolute Gasteiger partial charge is 0.475 e. The number of aromatic nitrogens is 6. The average Bonchev–Trinajstić information content (AvgIpc) is 4.12. The summed E-state index contributed by atoms with van der Waals surface area (Å²) in [6, 6.07) is 22.3. The number of ketones is 2. The summed E-state index contributed by atoms with van der Waals surface area (Å²) in [4.78, 5) is 55.6. The number of Topliss-reactive ketones (excluding diaryl/α,β-unsaturated/α-hetero) is 2. The minimum Gasteiger partial charge on any atom is -0.475 e. The fourth-order valence-electron chi connectivity index (χ4n) is 8.16. The molecule has 0 saturated heterocycles. The van der Waals surface area contributed by atoms with Gasteiger partial charge in [0.15, 0.2) is 11.6 Å². The van der Waals surface area contributed by atoms with E-state index in [0.29, 0.717) is 47.6 Å². The summed E-state index contributed by atoms with van der Waals surface area (Å²) >= 11 is 0. The number of halogens is 4. The van der Waals surface area contributed by atoms with Gasteiger partial charge in [-0.25, -0.2) is 32.3 Å². The lowest BCUT2D eigenvalue weighted by molar-refractivity contribution is -0.121. The van der Waals surface area contributed by atoms with Gasteiger partial charge >= 0.3 is 5.97 Å². The van der Waals surface area contributed by atoms with Gasteiger partial charge in [0.2, 0.25) is 5.82 Å². The van der Waals surface area contributed by atoms with Gasteiger partial charge < -0.3 is 16.2 Å². The van der Waals surface area contributed by atoms with E-state index < -0.39 is 47.2 Å². The highest BCUT2D eigenvalue weighted by Gasteiger charge is 2.51. The Labute approximate surface area is 345 Å². The van der Waals surface area contributed by atoms with Crippen LogP contribution in [0.25, 0.3) is 0 Å². The summed E-state index contributed by atoms with van der Waals surface area (Å²) in [7, 11) is 0. The highest BCUT2D eigenvalue weighted by Crippen LogP contribution is 2.54. The van der Waals surface area contributed by atoms with E-state index in [-0.39, 0.29) is 65.3 Å². The van der Waals surface area contributed by atoms with Crippen LogP contribution in [0.4, 0.5) is 17.6 Å². The van der Waals surface area contributed by atoms with Gasteiger partial charge in [0.05, 0.1) is 12.1 Å². The standard InChI is InChI=1S/C22H18F2N4O2.C12H11F2NO.C10H9N3O2/c23-12-7-13-14-9-16(14)20(18(29)10-15(13)17(24)8-12)26-22(30)21-25-19(27-28-21)6-11-4-2-1-3-5-11;13-5-1-6-7-3-9(7)12(15)11(16)4-8(6)10(14)2-5;14-10(15)9-11-8(12-13-9)6-7-4-2-1-3-5-7/h1-5,7-8,14,16,20H,6,9-10H2,(H,26,30)(H,25,27,28);1-2,7,9,12H,3-4,15H2;1-5H,6H2,(H,14,15)(H,11,12,13)/t14-,16-,20-;7-,9-,12-;/m11./s1. The second kappa shape index (κ2) is 17.0. The van der Waals surface area contributed by atoms with E-state index in [2.05, 4.69) is 35.7 Å². The van der Waals surface area contributed by atoms with Gasteiger partial charge in [-0.1, -0.05) is 60.7 Å². The van der Waals surface area contributed by atoms with Crippen LogP contribution in [-0.4, -0.2) is 71.0 Å². The Morgan fingerprint density at radius 3 is 1.69 bits per heavy atom. The molecule has 0 bridgehead atoms. The molecule has 17 heteroatoms. The molecule has 0 radical (unpaired) electrons. The number of hydrogen-bond donors (Lipinski definition) is 5. The van der Waals surface area contributed by atoms with Gasteiger partial charge in [0, 0.05) is 37.8 Å². The van der Waals surface area contributed by atoms with Crippen molar-refractivity contribution in [1.82, 2.24) is 35.7 Å². The Balaban J connectivity index is 0.000000139. The van der Waals surface area contributed by atoms with E-state index in [1.165, 1.54) is 12.1 Å². The number of nitrogens with one attached hydrogen (secondary N) is 3. The maximum absolute atomic E-state index is 14.2. The number of carboxylic acids is 1. The van der Waals surface area contributed by atoms with Crippen LogP contribution in [0.1, 0.15) is 90.9 Å². The van der Waals surface area contributed by atoms with Crippen LogP contribution in [0.2, 0.25) is 0 Å². The van der Waals surface area contributed by atoms with Gasteiger partial charge in [-0.2, -0.15) is 0 Å². The molecule has 61 heavy (non-hydrogen) atoms. The molecule has 6 N–H and O–H groups in total. The minimum absolute atomic E-state index is 0.00435. The van der Waals surface area contributed by atoms with Gasteiger partial charge in [-0.05, 0) is 82.0 Å². The lowest BCUT2D eigenvalue weighted by Crippen LogP contribution is -2.43. The highest BCUT2D eigenvalue weighted by molar-refractivity contribution is 5.97. The lowest BCUT2D eigenvalue weighted by atomic mass is 9.99. The van der Waals surface area contributed by atoms with E-state index in [1.54, 1.807) is 0 Å². The highest BCUT2D eigenvalue weighted by atomic mass is 19.1. The second-order valence-electron chi connectivity index (χ2n) is 15.5. The molecule has 0 aliphatic heterocycles. The molecule has 2 heterocycles. The monoisotopic (exact) mass is 834 g/mol. The summed E-state index contributed by atoms with van der Waals surface area (Å²) in [6.45, 7) is 0. The van der Waals surface area contributed by atoms with Crippen molar-refractivity contribution in [1.29, 1.82) is 0 Å². The van der Waals surface area contributed by atoms with Crippen LogP contribution in [0.5, 0.6) is 0 Å². The van der Waals surface area contributed by atoms with E-state index in [1.807, 2.05) is 60.7 Å². The Morgan fingerprint density at radius 1 is 0.689 bits per heavy atom. The molecule has 0 spiro atoms. The maximum atomic E-state index is 14.2. The van der Waals surface area contributed by atoms with Crippen LogP contribution in [0.3, 0.4) is 0 Å². The van der Waals surface area contributed by atoms with Crippen molar-refractivity contribution >= 4 is 23.4 Å². The number of carboxylic acid groups (broad SMARTS) is 1. The van der Waals surface area contributed by atoms with Gasteiger partial charge in [-0.3, -0.25) is 24.6 Å². The molecule has 312 valence electrons. The summed E-state index contributed by atoms with van der Waals surface area (Å²) in [6.07, 6.45) is 2.24. The topological polar surface area (TPSA) is 210 Å². The van der Waals surface area contributed by atoms with Crippen LogP contribution in [0, 0.1) is 35.1 Å². The third-order valence-electron chi connectivity index (χ3n) is 11.4. The quantitative estimate of drug-likeness (QED) is 0.131. The normalized spacial score (nSPS) is 21.7. The molecule has 13 nitrogen and oxygen atoms in total. The van der Waals surface area contributed by atoms with Crippen molar-refractivity contribution in [2.45, 2.75) is 62.4 Å². The zero-order chi connectivity index (χ0) is 42.9. The molecule has 4 aliphatic carbocycles. The molecule has 6 atom stereocenters. The zero-order valence-electron chi connectivity index (χ0n) is 32.2. The van der Waals surface area contributed by atoms with E-state index in [9.17, 15) is 36.7 Å². The number of benzene rings is 4. The molecular weight excluding hydrogens is 797 g/mol. The summed E-state index contributed by atoms with van der Waals surface area (Å²) in [5, 5.41) is 24.2. The summed E-state index contributed by atoms with van der Waals surface area (Å²) in [5.41, 5.74) is 9.59. The van der Waals surface area contributed by atoms with Crippen molar-refractivity contribution < 1.29 is 41.8 Å². The van der Waals surface area contributed by atoms with Crippen LogP contribution in [-0.2, 0) is 35.3 Å². The number of nitrogens with zero attached hydrogens (tertiary/aromatic N) is 4. The predicted octanol–water partition coefficient (Wildman–Crippen LogP) is 5.32. The Hall–Kier alpha value is -6.88. The molecule has 2 aromatic heterocycles. The molecule has 2 fully saturated rings. The third kappa shape index (κ3) is 9.16. The summed E-state index contributed by atoms with van der Waals surface area (Å²) < 4.78 is 54.6. The first kappa shape index (κ1) is 40.9. The SMILES string of the molecule is N[C@H]1C(=O)Cc2c(F)cc(F)cc2[C@H]2C[C@H]21.O=C(N[C@H]1C(=O)Cc2c(F)cc(F)cc2[C@H]2C[C@H]21)c1n[nH]c(Cc2ccccc2)n1.O=C(O)c1n[nH]c(Cc2ccccc2)n1. The maximum Gasteiger partial charge on any atom is 0.375 e. The van der Waals surface area contributed by atoms with Crippen molar-refractivity contribution in [3.63, 3.8) is 0 Å². The zero-order valence-corrected chi connectivity index (χ0v) is 32.2. The second-order valence-corrected chi connectivity index (χ2v) is 15.5. The molecule has 4 aromatic carbocycles. The fourth-order valence-corrected chi connectivity index (χ4v) is 8.16. The molecule has 6 aromatic rings. The minimum atomic E-state index is -1.12. The van der Waals surface area contributed by atoms with Crippen molar-refractivity contribution in [2.24, 2.45) is 17.6 Å². The molecule has 10 rings (SSSR count). The number of nitrogens with two attached hydrogens (primary N) is 1.